The lowest BCUT2D eigenvalue weighted by Gasteiger charge is -2.25. The molecule has 1 aliphatic rings. The van der Waals surface area contributed by atoms with Gasteiger partial charge in [-0.05, 0) is 69.1 Å². The van der Waals surface area contributed by atoms with Gasteiger partial charge in [-0.2, -0.15) is 0 Å². The molecule has 1 aromatic carbocycles. The van der Waals surface area contributed by atoms with Crippen LogP contribution < -0.4 is 10.7 Å². The number of benzene rings is 1. The molecular weight excluding hydrogens is 356 g/mol. The van der Waals surface area contributed by atoms with Crippen molar-refractivity contribution in [1.82, 2.24) is 10.2 Å². The first-order valence-corrected chi connectivity index (χ1v) is 9.64. The maximum Gasteiger partial charge on any atom is 0.287 e. The highest BCUT2D eigenvalue weighted by molar-refractivity contribution is 5.93. The summed E-state index contributed by atoms with van der Waals surface area (Å²) in [6.07, 6.45) is 3.93. The summed E-state index contributed by atoms with van der Waals surface area (Å²) in [6, 6.07) is 8.65. The fourth-order valence-electron chi connectivity index (χ4n) is 3.78. The Kier molecular flexibility index (Phi) is 5.05. The Balaban J connectivity index is 1.57. The first-order chi connectivity index (χ1) is 13.5. The van der Waals surface area contributed by atoms with Crippen molar-refractivity contribution in [3.8, 4) is 0 Å². The molecule has 3 aromatic rings. The molecule has 28 heavy (non-hydrogen) atoms. The lowest BCUT2D eigenvalue weighted by Crippen LogP contribution is -2.36. The summed E-state index contributed by atoms with van der Waals surface area (Å²) in [4.78, 5) is 27.5. The lowest BCUT2D eigenvalue weighted by molar-refractivity contribution is 0.0906. The first kappa shape index (κ1) is 18.5. The standard InChI is InChI=1S/C22H24N2O4/c1-14-7-8-16-18(25)12-20(28-21(16)15(14)2)22(26)23-13-17(19-6-5-11-27-19)24-9-3-4-10-24/h5-8,11-12,17H,3-4,9-10,13H2,1-2H3,(H,23,26). The van der Waals surface area contributed by atoms with Gasteiger partial charge in [0.15, 0.2) is 11.2 Å². The van der Waals surface area contributed by atoms with E-state index in [1.807, 2.05) is 32.0 Å². The molecule has 1 fully saturated rings. The van der Waals surface area contributed by atoms with Gasteiger partial charge >= 0.3 is 0 Å². The number of nitrogens with one attached hydrogen (secondary N) is 1. The van der Waals surface area contributed by atoms with Crippen LogP contribution in [0.2, 0.25) is 0 Å². The van der Waals surface area contributed by atoms with E-state index in [1.54, 1.807) is 12.3 Å². The van der Waals surface area contributed by atoms with Gasteiger partial charge in [0.05, 0.1) is 17.7 Å². The zero-order chi connectivity index (χ0) is 19.7. The number of hydrogen-bond donors (Lipinski definition) is 1. The maximum atomic E-state index is 12.7. The minimum absolute atomic E-state index is 0.0300. The minimum Gasteiger partial charge on any atom is -0.468 e. The summed E-state index contributed by atoms with van der Waals surface area (Å²) >= 11 is 0. The second kappa shape index (κ2) is 7.64. The largest absolute Gasteiger partial charge is 0.468 e. The topological polar surface area (TPSA) is 75.7 Å². The molecule has 1 aliphatic heterocycles. The molecule has 4 rings (SSSR count). The third-order valence-corrected chi connectivity index (χ3v) is 5.55. The van der Waals surface area contributed by atoms with E-state index in [4.69, 9.17) is 8.83 Å². The van der Waals surface area contributed by atoms with Crippen LogP contribution in [0.3, 0.4) is 0 Å². The predicted molar refractivity (Wildman–Crippen MR) is 107 cm³/mol. The number of aryl methyl sites for hydroxylation is 2. The average molecular weight is 380 g/mol. The molecule has 0 spiro atoms. The summed E-state index contributed by atoms with van der Waals surface area (Å²) in [6.45, 7) is 6.19. The Bertz CT molecular complexity index is 1050. The van der Waals surface area contributed by atoms with Crippen molar-refractivity contribution >= 4 is 16.9 Å². The fourth-order valence-corrected chi connectivity index (χ4v) is 3.78. The van der Waals surface area contributed by atoms with Crippen molar-refractivity contribution in [2.45, 2.75) is 32.7 Å². The van der Waals surface area contributed by atoms with Gasteiger partial charge < -0.3 is 14.2 Å². The van der Waals surface area contributed by atoms with E-state index < -0.39 is 5.91 Å². The second-order valence-corrected chi connectivity index (χ2v) is 7.34. The third kappa shape index (κ3) is 3.47. The van der Waals surface area contributed by atoms with Crippen molar-refractivity contribution in [3.05, 3.63) is 69.5 Å². The molecule has 0 radical (unpaired) electrons. The van der Waals surface area contributed by atoms with Gasteiger partial charge in [-0.15, -0.1) is 0 Å². The Morgan fingerprint density at radius 3 is 2.71 bits per heavy atom. The van der Waals surface area contributed by atoms with E-state index in [-0.39, 0.29) is 17.2 Å². The molecule has 6 heteroatoms. The Hall–Kier alpha value is -2.86. The van der Waals surface area contributed by atoms with Crippen LogP contribution in [0.5, 0.6) is 0 Å². The summed E-state index contributed by atoms with van der Waals surface area (Å²) in [5, 5.41) is 3.41. The summed E-state index contributed by atoms with van der Waals surface area (Å²) < 4.78 is 11.4. The molecule has 0 aliphatic carbocycles. The molecule has 1 atom stereocenters. The highest BCUT2D eigenvalue weighted by Crippen LogP contribution is 2.25. The fraction of sp³-hybridized carbons (Fsp3) is 0.364. The molecule has 0 bridgehead atoms. The highest BCUT2D eigenvalue weighted by Gasteiger charge is 2.26. The van der Waals surface area contributed by atoms with E-state index in [0.717, 1.165) is 42.8 Å². The Labute approximate surface area is 163 Å². The highest BCUT2D eigenvalue weighted by atomic mass is 16.3. The van der Waals surface area contributed by atoms with Crippen molar-refractivity contribution < 1.29 is 13.6 Å². The van der Waals surface area contributed by atoms with Crippen molar-refractivity contribution in [1.29, 1.82) is 0 Å². The number of rotatable bonds is 5. The predicted octanol–water partition coefficient (Wildman–Crippen LogP) is 3.57. The molecule has 3 heterocycles. The van der Waals surface area contributed by atoms with Crippen LogP contribution in [0.4, 0.5) is 0 Å². The number of hydrogen-bond acceptors (Lipinski definition) is 5. The van der Waals surface area contributed by atoms with Gasteiger partial charge in [-0.25, -0.2) is 0 Å². The van der Waals surface area contributed by atoms with E-state index in [0.29, 0.717) is 17.5 Å². The number of fused-ring (bicyclic) bond motifs is 1. The number of carbonyl (C=O) groups excluding carboxylic acids is 1. The number of carbonyl (C=O) groups is 1. The molecule has 1 N–H and O–H groups in total. The molecule has 146 valence electrons. The van der Waals surface area contributed by atoms with Gasteiger partial charge in [0, 0.05) is 12.6 Å². The lowest BCUT2D eigenvalue weighted by atomic mass is 10.1. The Morgan fingerprint density at radius 2 is 2.00 bits per heavy atom. The molecule has 0 saturated carbocycles. The van der Waals surface area contributed by atoms with E-state index in [2.05, 4.69) is 10.2 Å². The van der Waals surface area contributed by atoms with Crippen LogP contribution in [-0.4, -0.2) is 30.4 Å². The van der Waals surface area contributed by atoms with Crippen LogP contribution in [-0.2, 0) is 0 Å². The van der Waals surface area contributed by atoms with E-state index in [1.165, 1.54) is 6.07 Å². The number of amides is 1. The van der Waals surface area contributed by atoms with Gasteiger partial charge in [0.25, 0.3) is 5.91 Å². The SMILES string of the molecule is Cc1ccc2c(=O)cc(C(=O)NCC(c3ccco3)N3CCCC3)oc2c1C. The normalized spacial score (nSPS) is 15.8. The quantitative estimate of drug-likeness (QED) is 0.732. The summed E-state index contributed by atoms with van der Waals surface area (Å²) in [5.41, 5.74) is 2.14. The number of nitrogens with zero attached hydrogens (tertiary/aromatic N) is 1. The van der Waals surface area contributed by atoms with Gasteiger partial charge in [0.1, 0.15) is 11.3 Å². The van der Waals surface area contributed by atoms with Gasteiger partial charge in [-0.3, -0.25) is 14.5 Å². The van der Waals surface area contributed by atoms with Crippen LogP contribution in [0, 0.1) is 13.8 Å². The van der Waals surface area contributed by atoms with E-state index >= 15 is 0 Å². The third-order valence-electron chi connectivity index (χ3n) is 5.55. The molecular formula is C22H24N2O4. The second-order valence-electron chi connectivity index (χ2n) is 7.34. The van der Waals surface area contributed by atoms with Crippen LogP contribution in [0.1, 0.15) is 46.3 Å². The molecule has 1 amide bonds. The number of furan rings is 1. The summed E-state index contributed by atoms with van der Waals surface area (Å²) in [7, 11) is 0. The molecule has 1 unspecified atom stereocenters. The van der Waals surface area contributed by atoms with Crippen molar-refractivity contribution in [3.63, 3.8) is 0 Å². The van der Waals surface area contributed by atoms with Gasteiger partial charge in [-0.1, -0.05) is 6.07 Å². The van der Waals surface area contributed by atoms with Crippen molar-refractivity contribution in [2.24, 2.45) is 0 Å². The zero-order valence-corrected chi connectivity index (χ0v) is 16.2. The first-order valence-electron chi connectivity index (χ1n) is 9.64. The Morgan fingerprint density at radius 1 is 1.21 bits per heavy atom. The van der Waals surface area contributed by atoms with Crippen LogP contribution >= 0.6 is 0 Å². The van der Waals surface area contributed by atoms with Crippen LogP contribution in [0.25, 0.3) is 11.0 Å². The molecule has 1 saturated heterocycles. The monoisotopic (exact) mass is 380 g/mol. The van der Waals surface area contributed by atoms with E-state index in [9.17, 15) is 9.59 Å². The van der Waals surface area contributed by atoms with Crippen LogP contribution in [0.15, 0.2) is 50.2 Å². The van der Waals surface area contributed by atoms with Gasteiger partial charge in [0.2, 0.25) is 0 Å². The summed E-state index contributed by atoms with van der Waals surface area (Å²) in [5.74, 6) is 0.468. The smallest absolute Gasteiger partial charge is 0.287 e. The average Bonchev–Trinajstić information content (AvgIpc) is 3.39. The maximum absolute atomic E-state index is 12.7. The van der Waals surface area contributed by atoms with Crippen molar-refractivity contribution in [2.75, 3.05) is 19.6 Å². The number of likely N-dealkylation sites (tertiary alicyclic amines) is 1. The minimum atomic E-state index is -0.393. The molecule has 2 aromatic heterocycles. The zero-order valence-electron chi connectivity index (χ0n) is 16.2. The molecule has 6 nitrogen and oxygen atoms in total.